The molecule has 0 aliphatic rings. The number of ether oxygens (including phenoxy) is 1. The highest BCUT2D eigenvalue weighted by atomic mass is 35.5. The van der Waals surface area contributed by atoms with Crippen LogP contribution in [0.1, 0.15) is 31.9 Å². The molecular formula is C12H17ClFNO. The van der Waals surface area contributed by atoms with Gasteiger partial charge in [0.1, 0.15) is 5.82 Å². The van der Waals surface area contributed by atoms with Crippen LogP contribution < -0.4 is 5.73 Å². The molecule has 0 amide bonds. The van der Waals surface area contributed by atoms with E-state index in [4.69, 9.17) is 22.1 Å². The minimum Gasteiger partial charge on any atom is -0.377 e. The Balaban J connectivity index is 3.08. The van der Waals surface area contributed by atoms with Gasteiger partial charge in [-0.3, -0.25) is 0 Å². The van der Waals surface area contributed by atoms with Gasteiger partial charge in [0.15, 0.2) is 0 Å². The van der Waals surface area contributed by atoms with E-state index in [0.717, 1.165) is 0 Å². The van der Waals surface area contributed by atoms with Crippen LogP contribution in [0.25, 0.3) is 0 Å². The lowest BCUT2D eigenvalue weighted by Gasteiger charge is -2.33. The molecule has 2 N–H and O–H groups in total. The molecule has 0 aromatic heterocycles. The zero-order valence-corrected chi connectivity index (χ0v) is 10.5. The monoisotopic (exact) mass is 245 g/mol. The van der Waals surface area contributed by atoms with E-state index in [-0.39, 0.29) is 0 Å². The molecule has 4 heteroatoms. The third-order valence-corrected chi connectivity index (χ3v) is 3.36. The molecule has 16 heavy (non-hydrogen) atoms. The SMILES string of the molecule is CCC(C)(OC)C(N)c1ccc(Cl)cc1F. The Morgan fingerprint density at radius 2 is 2.19 bits per heavy atom. The van der Waals surface area contributed by atoms with Crippen molar-refractivity contribution in [3.63, 3.8) is 0 Å². The summed E-state index contributed by atoms with van der Waals surface area (Å²) in [4.78, 5) is 0. The van der Waals surface area contributed by atoms with Crippen LogP contribution in [0.3, 0.4) is 0 Å². The van der Waals surface area contributed by atoms with Crippen LogP contribution >= 0.6 is 11.6 Å². The summed E-state index contributed by atoms with van der Waals surface area (Å²) in [6, 6.07) is 3.99. The summed E-state index contributed by atoms with van der Waals surface area (Å²) in [5, 5.41) is 0.365. The summed E-state index contributed by atoms with van der Waals surface area (Å²) in [6.07, 6.45) is 0.701. The van der Waals surface area contributed by atoms with Crippen molar-refractivity contribution < 1.29 is 9.13 Å². The summed E-state index contributed by atoms with van der Waals surface area (Å²) in [5.41, 5.74) is 5.89. The van der Waals surface area contributed by atoms with Crippen LogP contribution in [-0.2, 0) is 4.74 Å². The Hall–Kier alpha value is -0.640. The third kappa shape index (κ3) is 2.54. The van der Waals surface area contributed by atoms with Gasteiger partial charge in [-0.2, -0.15) is 0 Å². The fourth-order valence-electron chi connectivity index (χ4n) is 1.57. The van der Waals surface area contributed by atoms with Crippen LogP contribution in [0.4, 0.5) is 4.39 Å². The van der Waals surface area contributed by atoms with Gasteiger partial charge >= 0.3 is 0 Å². The molecule has 90 valence electrons. The van der Waals surface area contributed by atoms with Gasteiger partial charge in [0.25, 0.3) is 0 Å². The summed E-state index contributed by atoms with van der Waals surface area (Å²) in [6.45, 7) is 3.82. The molecule has 2 unspecified atom stereocenters. The summed E-state index contributed by atoms with van der Waals surface area (Å²) < 4.78 is 19.0. The summed E-state index contributed by atoms with van der Waals surface area (Å²) in [7, 11) is 1.58. The van der Waals surface area contributed by atoms with E-state index < -0.39 is 17.5 Å². The molecule has 0 bridgehead atoms. The maximum atomic E-state index is 13.7. The van der Waals surface area contributed by atoms with Gasteiger partial charge in [0.2, 0.25) is 0 Å². The molecule has 0 heterocycles. The van der Waals surface area contributed by atoms with Crippen molar-refractivity contribution in [3.8, 4) is 0 Å². The molecule has 2 atom stereocenters. The summed E-state index contributed by atoms with van der Waals surface area (Å²) >= 11 is 5.69. The molecule has 0 radical (unpaired) electrons. The van der Waals surface area contributed by atoms with Crippen molar-refractivity contribution in [3.05, 3.63) is 34.6 Å². The van der Waals surface area contributed by atoms with E-state index in [1.165, 1.54) is 6.07 Å². The van der Waals surface area contributed by atoms with Crippen LogP contribution in [0.5, 0.6) is 0 Å². The Kier molecular flexibility index (Phi) is 4.30. The first-order chi connectivity index (χ1) is 7.44. The standard InChI is InChI=1S/C12H17ClFNO/c1-4-12(2,16-3)11(15)9-6-5-8(13)7-10(9)14/h5-7,11H,4,15H2,1-3H3. The first kappa shape index (κ1) is 13.4. The third-order valence-electron chi connectivity index (χ3n) is 3.12. The average molecular weight is 246 g/mol. The number of methoxy groups -OCH3 is 1. The van der Waals surface area contributed by atoms with Crippen molar-refractivity contribution in [2.45, 2.75) is 31.9 Å². The molecule has 0 aliphatic heterocycles. The largest absolute Gasteiger partial charge is 0.377 e. The maximum Gasteiger partial charge on any atom is 0.129 e. The molecule has 0 saturated carbocycles. The predicted octanol–water partition coefficient (Wildman–Crippen LogP) is 3.29. The van der Waals surface area contributed by atoms with E-state index >= 15 is 0 Å². The number of nitrogens with two attached hydrogens (primary N) is 1. The van der Waals surface area contributed by atoms with Gasteiger partial charge in [-0.15, -0.1) is 0 Å². The Morgan fingerprint density at radius 3 is 2.62 bits per heavy atom. The van der Waals surface area contributed by atoms with Crippen LogP contribution in [-0.4, -0.2) is 12.7 Å². The average Bonchev–Trinajstić information content (AvgIpc) is 2.27. The number of hydrogen-bond acceptors (Lipinski definition) is 2. The van der Waals surface area contributed by atoms with Crippen molar-refractivity contribution in [2.24, 2.45) is 5.73 Å². The number of halogens is 2. The molecule has 1 aromatic carbocycles. The first-order valence-electron chi connectivity index (χ1n) is 5.20. The van der Waals surface area contributed by atoms with Crippen molar-refractivity contribution in [1.82, 2.24) is 0 Å². The van der Waals surface area contributed by atoms with Crippen molar-refractivity contribution in [1.29, 1.82) is 0 Å². The lowest BCUT2D eigenvalue weighted by Crippen LogP contribution is -2.40. The highest BCUT2D eigenvalue weighted by Gasteiger charge is 2.32. The molecule has 1 aromatic rings. The highest BCUT2D eigenvalue weighted by molar-refractivity contribution is 6.30. The second kappa shape index (κ2) is 5.13. The Morgan fingerprint density at radius 1 is 1.56 bits per heavy atom. The van der Waals surface area contributed by atoms with Crippen molar-refractivity contribution >= 4 is 11.6 Å². The van der Waals surface area contributed by atoms with Gasteiger partial charge in [-0.05, 0) is 25.5 Å². The van der Waals surface area contributed by atoms with Gasteiger partial charge in [0, 0.05) is 17.7 Å². The fourth-order valence-corrected chi connectivity index (χ4v) is 1.73. The fraction of sp³-hybridized carbons (Fsp3) is 0.500. The Labute approximate surface area is 101 Å². The molecule has 0 fully saturated rings. The van der Waals surface area contributed by atoms with Crippen LogP contribution in [0.2, 0.25) is 5.02 Å². The lowest BCUT2D eigenvalue weighted by molar-refractivity contribution is -0.0202. The zero-order chi connectivity index (χ0) is 12.3. The molecule has 2 nitrogen and oxygen atoms in total. The number of rotatable bonds is 4. The predicted molar refractivity (Wildman–Crippen MR) is 64.0 cm³/mol. The van der Waals surface area contributed by atoms with E-state index in [9.17, 15) is 4.39 Å². The molecular weight excluding hydrogens is 229 g/mol. The van der Waals surface area contributed by atoms with Gasteiger partial charge in [0.05, 0.1) is 11.6 Å². The quantitative estimate of drug-likeness (QED) is 0.884. The van der Waals surface area contributed by atoms with Gasteiger partial charge in [-0.25, -0.2) is 4.39 Å². The van der Waals surface area contributed by atoms with E-state index in [2.05, 4.69) is 0 Å². The van der Waals surface area contributed by atoms with Gasteiger partial charge in [-0.1, -0.05) is 24.6 Å². The van der Waals surface area contributed by atoms with Crippen LogP contribution in [0, 0.1) is 5.82 Å². The van der Waals surface area contributed by atoms with Crippen LogP contribution in [0.15, 0.2) is 18.2 Å². The van der Waals surface area contributed by atoms with Crippen molar-refractivity contribution in [2.75, 3.05) is 7.11 Å². The van der Waals surface area contributed by atoms with Gasteiger partial charge < -0.3 is 10.5 Å². The lowest BCUT2D eigenvalue weighted by atomic mass is 9.88. The highest BCUT2D eigenvalue weighted by Crippen LogP contribution is 2.31. The van der Waals surface area contributed by atoms with E-state index in [1.54, 1.807) is 19.2 Å². The smallest absolute Gasteiger partial charge is 0.129 e. The Bertz CT molecular complexity index is 366. The van der Waals surface area contributed by atoms with E-state index in [1.807, 2.05) is 13.8 Å². The normalized spacial score (nSPS) is 16.9. The molecule has 0 aliphatic carbocycles. The zero-order valence-electron chi connectivity index (χ0n) is 9.76. The minimum atomic E-state index is -0.575. The summed E-state index contributed by atoms with van der Waals surface area (Å²) in [5.74, 6) is -0.392. The topological polar surface area (TPSA) is 35.2 Å². The molecule has 1 rings (SSSR count). The second-order valence-electron chi connectivity index (χ2n) is 4.01. The number of benzene rings is 1. The molecule has 0 spiro atoms. The second-order valence-corrected chi connectivity index (χ2v) is 4.45. The first-order valence-corrected chi connectivity index (χ1v) is 5.58. The molecule has 0 saturated heterocycles. The van der Waals surface area contributed by atoms with E-state index in [0.29, 0.717) is 17.0 Å². The minimum absolute atomic E-state index is 0.365. The maximum absolute atomic E-state index is 13.7. The number of hydrogen-bond donors (Lipinski definition) is 1.